The highest BCUT2D eigenvalue weighted by Crippen LogP contribution is 2.52. The third-order valence-electron chi connectivity index (χ3n) is 6.80. The fourth-order valence-corrected chi connectivity index (χ4v) is 6.45. The van der Waals surface area contributed by atoms with Crippen molar-refractivity contribution in [1.29, 1.82) is 0 Å². The van der Waals surface area contributed by atoms with Crippen LogP contribution in [0.4, 0.5) is 11.4 Å². The molecule has 5 rings (SSSR count). The van der Waals surface area contributed by atoms with Crippen molar-refractivity contribution >= 4 is 33.6 Å². The number of hydrogen-bond acceptors (Lipinski definition) is 3. The van der Waals surface area contributed by atoms with E-state index in [-0.39, 0.29) is 5.54 Å². The standard InChI is InChI=1S/C26H29BN3P/c1-26(2)16-21-20-14-9-15-22(24(20)29-25(21)31-17-30(26)27)28-23(18-10-5-3-6-11-18)19-12-7-4-8-13-19/h3-15,21,25,29,31H,16-17,27H2,1-2H3/t21-,25-/m0/s1. The zero-order valence-corrected chi connectivity index (χ0v) is 19.5. The topological polar surface area (TPSA) is 27.6 Å². The van der Waals surface area contributed by atoms with Gasteiger partial charge in [-0.1, -0.05) is 81.4 Å². The SMILES string of the molecule is BN1CP[C@@H]2Nc3c(N=C(c4ccccc4)c4ccccc4)cccc3[C@@H]2CC1(C)C. The number of anilines is 1. The molecule has 2 aliphatic heterocycles. The molecule has 0 aliphatic carbocycles. The van der Waals surface area contributed by atoms with E-state index in [1.807, 2.05) is 0 Å². The average molecular weight is 425 g/mol. The van der Waals surface area contributed by atoms with Crippen LogP contribution in [0.25, 0.3) is 0 Å². The van der Waals surface area contributed by atoms with E-state index in [2.05, 4.69) is 111 Å². The molecule has 156 valence electrons. The molecule has 1 fully saturated rings. The molecule has 0 aromatic heterocycles. The lowest BCUT2D eigenvalue weighted by molar-refractivity contribution is 0.241. The summed E-state index contributed by atoms with van der Waals surface area (Å²) in [4.78, 5) is 7.77. The average Bonchev–Trinajstić information content (AvgIpc) is 3.09. The number of nitrogens with one attached hydrogen (secondary N) is 1. The first-order valence-electron chi connectivity index (χ1n) is 11.1. The Bertz CT molecular complexity index is 1060. The summed E-state index contributed by atoms with van der Waals surface area (Å²) in [6, 6.07) is 27.7. The Labute approximate surface area is 188 Å². The van der Waals surface area contributed by atoms with Crippen LogP contribution in [-0.2, 0) is 0 Å². The summed E-state index contributed by atoms with van der Waals surface area (Å²) >= 11 is 0. The molecule has 31 heavy (non-hydrogen) atoms. The Balaban J connectivity index is 1.60. The summed E-state index contributed by atoms with van der Waals surface area (Å²) in [5.41, 5.74) is 7.22. The number of nitrogens with zero attached hydrogens (tertiary/aromatic N) is 2. The van der Waals surface area contributed by atoms with Gasteiger partial charge < -0.3 is 10.1 Å². The molecule has 0 bridgehead atoms. The lowest BCUT2D eigenvalue weighted by Crippen LogP contribution is -2.41. The first-order chi connectivity index (χ1) is 15.0. The van der Waals surface area contributed by atoms with Gasteiger partial charge in [-0.3, -0.25) is 0 Å². The van der Waals surface area contributed by atoms with Crippen molar-refractivity contribution in [2.24, 2.45) is 4.99 Å². The Morgan fingerprint density at radius 2 is 1.61 bits per heavy atom. The summed E-state index contributed by atoms with van der Waals surface area (Å²) in [7, 11) is 3.14. The van der Waals surface area contributed by atoms with Crippen LogP contribution in [0.15, 0.2) is 83.9 Å². The van der Waals surface area contributed by atoms with Crippen LogP contribution < -0.4 is 5.32 Å². The maximum absolute atomic E-state index is 5.25. The quantitative estimate of drug-likeness (QED) is 0.348. The smallest absolute Gasteiger partial charge is 0.186 e. The van der Waals surface area contributed by atoms with E-state index in [0.717, 1.165) is 37.4 Å². The summed E-state index contributed by atoms with van der Waals surface area (Å²) in [6.45, 7) is 4.76. The molecule has 2 heterocycles. The Kier molecular flexibility index (Phi) is 5.46. The van der Waals surface area contributed by atoms with Crippen LogP contribution in [-0.4, -0.2) is 36.1 Å². The van der Waals surface area contributed by atoms with Gasteiger partial charge in [0.25, 0.3) is 0 Å². The molecule has 5 heteroatoms. The van der Waals surface area contributed by atoms with Gasteiger partial charge in [-0.05, 0) is 31.9 Å². The van der Waals surface area contributed by atoms with Crippen molar-refractivity contribution < 1.29 is 0 Å². The van der Waals surface area contributed by atoms with Crippen LogP contribution >= 0.6 is 8.58 Å². The zero-order chi connectivity index (χ0) is 21.4. The fourth-order valence-electron chi connectivity index (χ4n) is 4.73. The monoisotopic (exact) mass is 425 g/mol. The number of aliphatic imine (C=N–C) groups is 1. The van der Waals surface area contributed by atoms with Crippen molar-refractivity contribution in [3.63, 3.8) is 0 Å². The highest BCUT2D eigenvalue weighted by molar-refractivity contribution is 7.39. The molecular weight excluding hydrogens is 396 g/mol. The van der Waals surface area contributed by atoms with E-state index in [4.69, 9.17) is 4.99 Å². The molecule has 3 aromatic carbocycles. The van der Waals surface area contributed by atoms with Gasteiger partial charge in [0.1, 0.15) is 0 Å². The number of fused-ring (bicyclic) bond motifs is 3. The summed E-state index contributed by atoms with van der Waals surface area (Å²) < 4.78 is 0. The maximum Gasteiger partial charge on any atom is 0.186 e. The predicted octanol–water partition coefficient (Wildman–Crippen LogP) is 5.36. The molecule has 3 aromatic rings. The third-order valence-corrected chi connectivity index (χ3v) is 8.45. The van der Waals surface area contributed by atoms with E-state index in [1.54, 1.807) is 0 Å². The van der Waals surface area contributed by atoms with Crippen LogP contribution in [0, 0.1) is 0 Å². The van der Waals surface area contributed by atoms with E-state index >= 15 is 0 Å². The number of benzene rings is 3. The molecule has 0 amide bonds. The van der Waals surface area contributed by atoms with Crippen LogP contribution in [0.1, 0.15) is 42.9 Å². The summed E-state index contributed by atoms with van der Waals surface area (Å²) in [6.07, 6.45) is 2.31. The molecule has 2 aliphatic rings. The van der Waals surface area contributed by atoms with Gasteiger partial charge in [0, 0.05) is 28.9 Å². The second-order valence-electron chi connectivity index (χ2n) is 9.24. The molecule has 0 saturated carbocycles. The molecule has 1 N–H and O–H groups in total. The van der Waals surface area contributed by atoms with Crippen molar-refractivity contribution in [1.82, 2.24) is 4.81 Å². The van der Waals surface area contributed by atoms with Gasteiger partial charge in [0.05, 0.1) is 22.9 Å². The van der Waals surface area contributed by atoms with E-state index in [0.29, 0.717) is 11.7 Å². The fraction of sp³-hybridized carbons (Fsp3) is 0.269. The van der Waals surface area contributed by atoms with Gasteiger partial charge in [-0.15, -0.1) is 0 Å². The number of rotatable bonds is 3. The van der Waals surface area contributed by atoms with Crippen LogP contribution in [0.5, 0.6) is 0 Å². The third kappa shape index (κ3) is 3.95. The lowest BCUT2D eigenvalue weighted by atomic mass is 9.84. The minimum atomic E-state index is 0.203. The molecule has 0 spiro atoms. The Morgan fingerprint density at radius 3 is 2.26 bits per heavy atom. The van der Waals surface area contributed by atoms with Crippen molar-refractivity contribution in [2.75, 3.05) is 11.6 Å². The maximum atomic E-state index is 5.25. The predicted molar refractivity (Wildman–Crippen MR) is 137 cm³/mol. The van der Waals surface area contributed by atoms with E-state index < -0.39 is 0 Å². The Morgan fingerprint density at radius 1 is 0.968 bits per heavy atom. The van der Waals surface area contributed by atoms with Crippen molar-refractivity contribution in [3.05, 3.63) is 95.6 Å². The minimum absolute atomic E-state index is 0.203. The van der Waals surface area contributed by atoms with Gasteiger partial charge in [-0.2, -0.15) is 0 Å². The van der Waals surface area contributed by atoms with Crippen LogP contribution in [0.2, 0.25) is 0 Å². The van der Waals surface area contributed by atoms with Gasteiger partial charge in [-0.25, -0.2) is 4.99 Å². The molecule has 0 radical (unpaired) electrons. The summed E-state index contributed by atoms with van der Waals surface area (Å²) in [5, 5.41) is 3.89. The van der Waals surface area contributed by atoms with Crippen molar-refractivity contribution in [3.8, 4) is 0 Å². The number of hydrogen-bond donors (Lipinski definition) is 1. The highest BCUT2D eigenvalue weighted by Gasteiger charge is 2.41. The molecule has 3 nitrogen and oxygen atoms in total. The molecular formula is C26H29BN3P. The molecule has 1 saturated heterocycles. The second kappa shape index (κ2) is 8.26. The Hall–Kier alpha value is -2.42. The molecule has 3 atom stereocenters. The van der Waals surface area contributed by atoms with Gasteiger partial charge in [0.15, 0.2) is 7.98 Å². The minimum Gasteiger partial charge on any atom is -0.376 e. The van der Waals surface area contributed by atoms with Gasteiger partial charge >= 0.3 is 0 Å². The first-order valence-corrected chi connectivity index (χ1v) is 12.3. The molecule has 1 unspecified atom stereocenters. The largest absolute Gasteiger partial charge is 0.376 e. The lowest BCUT2D eigenvalue weighted by Gasteiger charge is -2.35. The van der Waals surface area contributed by atoms with Crippen LogP contribution in [0.3, 0.4) is 0 Å². The normalized spacial score (nSPS) is 22.8. The highest BCUT2D eigenvalue weighted by atomic mass is 31.1. The van der Waals surface area contributed by atoms with E-state index in [9.17, 15) is 0 Å². The number of para-hydroxylation sites is 1. The second-order valence-corrected chi connectivity index (χ2v) is 10.6. The van der Waals surface area contributed by atoms with E-state index in [1.165, 1.54) is 17.7 Å². The van der Waals surface area contributed by atoms with Gasteiger partial charge in [0.2, 0.25) is 0 Å². The first kappa shape index (κ1) is 20.5. The summed E-state index contributed by atoms with van der Waals surface area (Å²) in [5.74, 6) is 1.05. The van der Waals surface area contributed by atoms with Crippen molar-refractivity contribution in [2.45, 2.75) is 37.5 Å². The zero-order valence-electron chi connectivity index (χ0n) is 18.5.